The van der Waals surface area contributed by atoms with Crippen LogP contribution in [0.15, 0.2) is 30.4 Å². The number of hydrogen-bond donors (Lipinski definition) is 0. The van der Waals surface area contributed by atoms with Gasteiger partial charge in [0, 0.05) is 11.6 Å². The smallest absolute Gasteiger partial charge is 0.274 e. The van der Waals surface area contributed by atoms with Crippen LogP contribution in [0.4, 0.5) is 11.4 Å². The third-order valence-corrected chi connectivity index (χ3v) is 2.69. The molecule has 0 N–H and O–H groups in total. The first kappa shape index (κ1) is 12.0. The van der Waals surface area contributed by atoms with Gasteiger partial charge in [0.15, 0.2) is 0 Å². The van der Waals surface area contributed by atoms with E-state index in [1.807, 2.05) is 0 Å². The van der Waals surface area contributed by atoms with Crippen LogP contribution in [-0.4, -0.2) is 16.7 Å². The lowest BCUT2D eigenvalue weighted by Crippen LogP contribution is -2.29. The van der Waals surface area contributed by atoms with Gasteiger partial charge in [0.2, 0.25) is 5.91 Å². The third-order valence-electron chi connectivity index (χ3n) is 2.69. The summed E-state index contributed by atoms with van der Waals surface area (Å²) in [7, 11) is 0. The molecule has 6 nitrogen and oxygen atoms in total. The topological polar surface area (TPSA) is 80.5 Å². The third kappa shape index (κ3) is 1.77. The molecule has 18 heavy (non-hydrogen) atoms. The van der Waals surface area contributed by atoms with Crippen molar-refractivity contribution in [3.8, 4) is 0 Å². The Labute approximate surface area is 103 Å². The van der Waals surface area contributed by atoms with Gasteiger partial charge in [-0.25, -0.2) is 4.90 Å². The van der Waals surface area contributed by atoms with Crippen molar-refractivity contribution in [1.82, 2.24) is 0 Å². The quantitative estimate of drug-likeness (QED) is 0.344. The molecule has 0 atom stereocenters. The molecule has 6 heteroatoms. The molecule has 0 saturated carbocycles. The summed E-state index contributed by atoms with van der Waals surface area (Å²) in [6.07, 6.45) is -0.0934. The first-order chi connectivity index (χ1) is 8.41. The fourth-order valence-electron chi connectivity index (χ4n) is 1.82. The number of aryl methyl sites for hydroxylation is 1. The van der Waals surface area contributed by atoms with Crippen molar-refractivity contribution in [2.75, 3.05) is 4.90 Å². The van der Waals surface area contributed by atoms with Crippen molar-refractivity contribution in [2.45, 2.75) is 13.3 Å². The Hall–Kier alpha value is -2.50. The number of amides is 2. The van der Waals surface area contributed by atoms with Gasteiger partial charge in [0.25, 0.3) is 11.6 Å². The van der Waals surface area contributed by atoms with Crippen molar-refractivity contribution < 1.29 is 14.5 Å². The molecule has 1 aromatic carbocycles. The van der Waals surface area contributed by atoms with Gasteiger partial charge < -0.3 is 0 Å². The largest absolute Gasteiger partial charge is 0.293 e. The van der Waals surface area contributed by atoms with Gasteiger partial charge in [-0.3, -0.25) is 19.7 Å². The van der Waals surface area contributed by atoms with Gasteiger partial charge in [0.1, 0.15) is 5.69 Å². The summed E-state index contributed by atoms with van der Waals surface area (Å²) in [6, 6.07) is 4.35. The maximum Gasteiger partial charge on any atom is 0.293 e. The average Bonchev–Trinajstić information content (AvgIpc) is 2.54. The second-order valence-corrected chi connectivity index (χ2v) is 4.06. The maximum absolute atomic E-state index is 11.8. The monoisotopic (exact) mass is 246 g/mol. The molecule has 1 aromatic rings. The Morgan fingerprint density at radius 2 is 2.06 bits per heavy atom. The van der Waals surface area contributed by atoms with Gasteiger partial charge in [-0.15, -0.1) is 0 Å². The van der Waals surface area contributed by atoms with Crippen LogP contribution in [-0.2, 0) is 9.59 Å². The SMILES string of the molecule is C=C1CC(=O)N(c2ccc(C)cc2[N+](=O)[O-])C1=O. The second-order valence-electron chi connectivity index (χ2n) is 4.06. The Morgan fingerprint density at radius 1 is 1.39 bits per heavy atom. The predicted octanol–water partition coefficient (Wildman–Crippen LogP) is 1.72. The van der Waals surface area contributed by atoms with Crippen LogP contribution in [0.5, 0.6) is 0 Å². The van der Waals surface area contributed by atoms with Gasteiger partial charge >= 0.3 is 0 Å². The minimum atomic E-state index is -0.607. The van der Waals surface area contributed by atoms with Crippen LogP contribution in [0.3, 0.4) is 0 Å². The highest BCUT2D eigenvalue weighted by Crippen LogP contribution is 2.33. The molecule has 2 amide bonds. The predicted molar refractivity (Wildman–Crippen MR) is 64.1 cm³/mol. The Bertz CT molecular complexity index is 592. The van der Waals surface area contributed by atoms with Crippen LogP contribution in [0.25, 0.3) is 0 Å². The van der Waals surface area contributed by atoms with E-state index in [0.29, 0.717) is 5.56 Å². The summed E-state index contributed by atoms with van der Waals surface area (Å²) in [5.74, 6) is -1.07. The number of nitro groups is 1. The average molecular weight is 246 g/mol. The normalized spacial score (nSPS) is 15.4. The fraction of sp³-hybridized carbons (Fsp3) is 0.167. The van der Waals surface area contributed by atoms with Crippen LogP contribution >= 0.6 is 0 Å². The van der Waals surface area contributed by atoms with E-state index in [2.05, 4.69) is 6.58 Å². The molecular weight excluding hydrogens is 236 g/mol. The Morgan fingerprint density at radius 3 is 2.56 bits per heavy atom. The molecule has 92 valence electrons. The lowest BCUT2D eigenvalue weighted by Gasteiger charge is -2.13. The Kier molecular flexibility index (Phi) is 2.70. The maximum atomic E-state index is 11.8. The van der Waals surface area contributed by atoms with Gasteiger partial charge in [-0.1, -0.05) is 12.6 Å². The van der Waals surface area contributed by atoms with E-state index in [0.717, 1.165) is 4.90 Å². The first-order valence-electron chi connectivity index (χ1n) is 5.22. The number of carbonyl (C=O) groups excluding carboxylic acids is 2. The summed E-state index contributed by atoms with van der Waals surface area (Å²) >= 11 is 0. The van der Waals surface area contributed by atoms with E-state index in [1.165, 1.54) is 12.1 Å². The van der Waals surface area contributed by atoms with Crippen molar-refractivity contribution in [3.05, 3.63) is 46.0 Å². The molecule has 0 aliphatic carbocycles. The van der Waals surface area contributed by atoms with Crippen molar-refractivity contribution in [1.29, 1.82) is 0 Å². The minimum Gasteiger partial charge on any atom is -0.274 e. The van der Waals surface area contributed by atoms with Crippen molar-refractivity contribution in [2.24, 2.45) is 0 Å². The number of rotatable bonds is 2. The number of nitrogens with zero attached hydrogens (tertiary/aromatic N) is 2. The van der Waals surface area contributed by atoms with E-state index in [4.69, 9.17) is 0 Å². The molecule has 1 heterocycles. The molecule has 0 radical (unpaired) electrons. The zero-order valence-corrected chi connectivity index (χ0v) is 9.67. The first-order valence-corrected chi connectivity index (χ1v) is 5.22. The molecule has 0 bridgehead atoms. The number of nitro benzene ring substituents is 1. The number of imide groups is 1. The number of anilines is 1. The highest BCUT2D eigenvalue weighted by molar-refractivity contribution is 6.28. The highest BCUT2D eigenvalue weighted by Gasteiger charge is 2.37. The van der Waals surface area contributed by atoms with Crippen molar-refractivity contribution >= 4 is 23.2 Å². The van der Waals surface area contributed by atoms with E-state index >= 15 is 0 Å². The summed E-state index contributed by atoms with van der Waals surface area (Å²) < 4.78 is 0. The molecule has 1 fully saturated rings. The van der Waals surface area contributed by atoms with Crippen LogP contribution < -0.4 is 4.90 Å². The number of benzene rings is 1. The van der Waals surface area contributed by atoms with Gasteiger partial charge in [-0.05, 0) is 18.6 Å². The van der Waals surface area contributed by atoms with Crippen LogP contribution in [0, 0.1) is 17.0 Å². The van der Waals surface area contributed by atoms with Crippen molar-refractivity contribution in [3.63, 3.8) is 0 Å². The molecule has 0 aromatic heterocycles. The van der Waals surface area contributed by atoms with E-state index in [-0.39, 0.29) is 23.4 Å². The molecule has 2 rings (SSSR count). The zero-order chi connectivity index (χ0) is 13.4. The molecular formula is C12H10N2O4. The molecule has 1 saturated heterocycles. The number of carbonyl (C=O) groups is 2. The van der Waals surface area contributed by atoms with Crippen LogP contribution in [0.1, 0.15) is 12.0 Å². The molecule has 1 aliphatic rings. The lowest BCUT2D eigenvalue weighted by molar-refractivity contribution is -0.384. The zero-order valence-electron chi connectivity index (χ0n) is 9.67. The van der Waals surface area contributed by atoms with Gasteiger partial charge in [-0.2, -0.15) is 0 Å². The molecule has 1 aliphatic heterocycles. The molecule has 0 unspecified atom stereocenters. The highest BCUT2D eigenvalue weighted by atomic mass is 16.6. The fourth-order valence-corrected chi connectivity index (χ4v) is 1.82. The summed E-state index contributed by atoms with van der Waals surface area (Å²) in [5, 5.41) is 11.0. The second kappa shape index (κ2) is 4.06. The van der Waals surface area contributed by atoms with Crippen LogP contribution in [0.2, 0.25) is 0 Å². The van der Waals surface area contributed by atoms with Gasteiger partial charge in [0.05, 0.1) is 11.3 Å². The standard InChI is InChI=1S/C12H10N2O4/c1-7-3-4-9(10(5-7)14(17)18)13-11(15)6-8(2)12(13)16/h3-5H,2,6H2,1H3. The minimum absolute atomic E-state index is 0.000694. The summed E-state index contributed by atoms with van der Waals surface area (Å²) in [5.41, 5.74) is 0.573. The van der Waals surface area contributed by atoms with E-state index in [1.54, 1.807) is 13.0 Å². The number of hydrogen-bond acceptors (Lipinski definition) is 4. The summed E-state index contributed by atoms with van der Waals surface area (Å²) in [6.45, 7) is 5.17. The summed E-state index contributed by atoms with van der Waals surface area (Å²) in [4.78, 5) is 34.6. The van der Waals surface area contributed by atoms with E-state index < -0.39 is 16.7 Å². The lowest BCUT2D eigenvalue weighted by atomic mass is 10.2. The molecule has 0 spiro atoms. The van der Waals surface area contributed by atoms with E-state index in [9.17, 15) is 19.7 Å². The Balaban J connectivity index is 2.58.